The van der Waals surface area contributed by atoms with Crippen molar-refractivity contribution in [1.82, 2.24) is 5.32 Å². The summed E-state index contributed by atoms with van der Waals surface area (Å²) in [5.74, 6) is 0.208. The van der Waals surface area contributed by atoms with E-state index >= 15 is 0 Å². The molecule has 0 aliphatic carbocycles. The lowest BCUT2D eigenvalue weighted by atomic mass is 10.1. The fourth-order valence-electron chi connectivity index (χ4n) is 3.10. The molecular formula is C20H23N3OS. The van der Waals surface area contributed by atoms with E-state index in [4.69, 9.17) is 12.2 Å². The van der Waals surface area contributed by atoms with Gasteiger partial charge in [0.15, 0.2) is 5.11 Å². The van der Waals surface area contributed by atoms with E-state index < -0.39 is 0 Å². The summed E-state index contributed by atoms with van der Waals surface area (Å²) in [5, 5.41) is 7.05. The molecule has 1 aliphatic heterocycles. The summed E-state index contributed by atoms with van der Waals surface area (Å²) in [6, 6.07) is 14.2. The molecule has 1 heterocycles. The van der Waals surface area contributed by atoms with Gasteiger partial charge in [0.25, 0.3) is 0 Å². The molecule has 2 aromatic rings. The number of hydrogen-bond donors (Lipinski definition) is 2. The van der Waals surface area contributed by atoms with Gasteiger partial charge < -0.3 is 15.5 Å². The first-order chi connectivity index (χ1) is 12.0. The highest BCUT2D eigenvalue weighted by Gasteiger charge is 2.22. The van der Waals surface area contributed by atoms with Gasteiger partial charge in [-0.25, -0.2) is 0 Å². The van der Waals surface area contributed by atoms with Crippen molar-refractivity contribution in [3.8, 4) is 0 Å². The second-order valence-corrected chi connectivity index (χ2v) is 6.79. The first-order valence-electron chi connectivity index (χ1n) is 8.55. The molecule has 1 aliphatic rings. The Bertz CT molecular complexity index is 803. The topological polar surface area (TPSA) is 44.4 Å². The Morgan fingerprint density at radius 2 is 1.96 bits per heavy atom. The molecule has 0 spiro atoms. The van der Waals surface area contributed by atoms with E-state index in [1.807, 2.05) is 42.2 Å². The van der Waals surface area contributed by atoms with Gasteiger partial charge in [-0.3, -0.25) is 4.79 Å². The van der Waals surface area contributed by atoms with Crippen LogP contribution in [0.5, 0.6) is 0 Å². The van der Waals surface area contributed by atoms with E-state index in [1.54, 1.807) is 0 Å². The highest BCUT2D eigenvalue weighted by molar-refractivity contribution is 7.80. The third-order valence-electron chi connectivity index (χ3n) is 4.52. The van der Waals surface area contributed by atoms with Gasteiger partial charge in [0.2, 0.25) is 5.91 Å². The van der Waals surface area contributed by atoms with E-state index in [2.05, 4.69) is 29.7 Å². The average molecular weight is 353 g/mol. The molecule has 1 amide bonds. The van der Waals surface area contributed by atoms with Crippen LogP contribution in [-0.4, -0.2) is 17.6 Å². The van der Waals surface area contributed by atoms with Crippen LogP contribution in [0.4, 0.5) is 11.4 Å². The van der Waals surface area contributed by atoms with Crippen molar-refractivity contribution in [2.45, 2.75) is 33.2 Å². The highest BCUT2D eigenvalue weighted by Crippen LogP contribution is 2.27. The maximum absolute atomic E-state index is 11.9. The predicted octanol–water partition coefficient (Wildman–Crippen LogP) is 3.92. The SMILES string of the molecule is Cc1ccccc1CNC(=S)Nc1ccc(N2CCCC2=O)c(C)c1. The lowest BCUT2D eigenvalue weighted by molar-refractivity contribution is -0.117. The van der Waals surface area contributed by atoms with Gasteiger partial charge >= 0.3 is 0 Å². The largest absolute Gasteiger partial charge is 0.358 e. The Morgan fingerprint density at radius 1 is 1.16 bits per heavy atom. The van der Waals surface area contributed by atoms with E-state index in [9.17, 15) is 4.79 Å². The minimum absolute atomic E-state index is 0.208. The van der Waals surface area contributed by atoms with Gasteiger partial charge in [0.1, 0.15) is 0 Å². The van der Waals surface area contributed by atoms with Crippen LogP contribution in [0, 0.1) is 13.8 Å². The summed E-state index contributed by atoms with van der Waals surface area (Å²) < 4.78 is 0. The van der Waals surface area contributed by atoms with Crippen LogP contribution < -0.4 is 15.5 Å². The molecule has 5 heteroatoms. The molecular weight excluding hydrogens is 330 g/mol. The zero-order valence-electron chi connectivity index (χ0n) is 14.6. The van der Waals surface area contributed by atoms with Crippen molar-refractivity contribution in [3.05, 3.63) is 59.2 Å². The zero-order valence-corrected chi connectivity index (χ0v) is 15.5. The summed E-state index contributed by atoms with van der Waals surface area (Å²) in [6.45, 7) is 5.62. The molecule has 0 aromatic heterocycles. The number of hydrogen-bond acceptors (Lipinski definition) is 2. The van der Waals surface area contributed by atoms with Crippen LogP contribution in [-0.2, 0) is 11.3 Å². The Balaban J connectivity index is 1.61. The van der Waals surface area contributed by atoms with Crippen LogP contribution in [0.15, 0.2) is 42.5 Å². The first-order valence-corrected chi connectivity index (χ1v) is 8.96. The third-order valence-corrected chi connectivity index (χ3v) is 4.77. The van der Waals surface area contributed by atoms with E-state index in [0.29, 0.717) is 18.1 Å². The first kappa shape index (κ1) is 17.4. The maximum atomic E-state index is 11.9. The van der Waals surface area contributed by atoms with Crippen molar-refractivity contribution < 1.29 is 4.79 Å². The molecule has 0 unspecified atom stereocenters. The minimum Gasteiger partial charge on any atom is -0.358 e. The fraction of sp³-hybridized carbons (Fsp3) is 0.300. The summed E-state index contributed by atoms with van der Waals surface area (Å²) in [7, 11) is 0. The number of anilines is 2. The number of rotatable bonds is 4. The summed E-state index contributed by atoms with van der Waals surface area (Å²) >= 11 is 5.39. The minimum atomic E-state index is 0.208. The van der Waals surface area contributed by atoms with Gasteiger partial charge in [-0.2, -0.15) is 0 Å². The number of aryl methyl sites for hydroxylation is 2. The van der Waals surface area contributed by atoms with Crippen LogP contribution in [0.25, 0.3) is 0 Å². The Morgan fingerprint density at radius 3 is 2.64 bits per heavy atom. The van der Waals surface area contributed by atoms with Crippen molar-refractivity contribution in [3.63, 3.8) is 0 Å². The van der Waals surface area contributed by atoms with E-state index in [0.717, 1.165) is 29.9 Å². The monoisotopic (exact) mass is 353 g/mol. The number of nitrogens with one attached hydrogen (secondary N) is 2. The van der Waals surface area contributed by atoms with Crippen LogP contribution in [0.1, 0.15) is 29.5 Å². The van der Waals surface area contributed by atoms with Gasteiger partial charge in [0, 0.05) is 30.9 Å². The highest BCUT2D eigenvalue weighted by atomic mass is 32.1. The molecule has 0 atom stereocenters. The average Bonchev–Trinajstić information content (AvgIpc) is 3.00. The van der Waals surface area contributed by atoms with E-state index in [1.165, 1.54) is 11.1 Å². The van der Waals surface area contributed by atoms with Gasteiger partial charge in [0.05, 0.1) is 0 Å². The van der Waals surface area contributed by atoms with Gasteiger partial charge in [-0.15, -0.1) is 0 Å². The third kappa shape index (κ3) is 4.17. The zero-order chi connectivity index (χ0) is 17.8. The lowest BCUT2D eigenvalue weighted by Crippen LogP contribution is -2.28. The molecule has 2 aromatic carbocycles. The second kappa shape index (κ2) is 7.66. The Hall–Kier alpha value is -2.40. The molecule has 4 nitrogen and oxygen atoms in total. The number of thiocarbonyl (C=S) groups is 1. The van der Waals surface area contributed by atoms with Crippen molar-refractivity contribution >= 4 is 34.6 Å². The Labute approximate surface area is 154 Å². The molecule has 0 saturated carbocycles. The normalized spacial score (nSPS) is 13.8. The second-order valence-electron chi connectivity index (χ2n) is 6.38. The number of carbonyl (C=O) groups is 1. The molecule has 130 valence electrons. The van der Waals surface area contributed by atoms with Crippen LogP contribution in [0.3, 0.4) is 0 Å². The molecule has 1 saturated heterocycles. The summed E-state index contributed by atoms with van der Waals surface area (Å²) in [4.78, 5) is 13.8. The number of carbonyl (C=O) groups excluding carboxylic acids is 1. The smallest absolute Gasteiger partial charge is 0.227 e. The molecule has 0 radical (unpaired) electrons. The molecule has 3 rings (SSSR count). The number of benzene rings is 2. The molecule has 2 N–H and O–H groups in total. The van der Waals surface area contributed by atoms with Gasteiger partial charge in [-0.05, 0) is 67.4 Å². The lowest BCUT2D eigenvalue weighted by Gasteiger charge is -2.19. The van der Waals surface area contributed by atoms with Crippen molar-refractivity contribution in [2.75, 3.05) is 16.8 Å². The van der Waals surface area contributed by atoms with Crippen LogP contribution >= 0.6 is 12.2 Å². The van der Waals surface area contributed by atoms with Crippen molar-refractivity contribution in [1.29, 1.82) is 0 Å². The summed E-state index contributed by atoms with van der Waals surface area (Å²) in [6.07, 6.45) is 1.58. The predicted molar refractivity (Wildman–Crippen MR) is 107 cm³/mol. The molecule has 25 heavy (non-hydrogen) atoms. The van der Waals surface area contributed by atoms with Gasteiger partial charge in [-0.1, -0.05) is 24.3 Å². The summed E-state index contributed by atoms with van der Waals surface area (Å²) in [5.41, 5.74) is 5.46. The number of amides is 1. The van der Waals surface area contributed by atoms with Crippen molar-refractivity contribution in [2.24, 2.45) is 0 Å². The standard InChI is InChI=1S/C20H23N3OS/c1-14-6-3-4-7-16(14)13-21-20(25)22-17-9-10-18(15(2)12-17)23-11-5-8-19(23)24/h3-4,6-7,9-10,12H,5,8,11,13H2,1-2H3,(H2,21,22,25). The molecule has 0 bridgehead atoms. The van der Waals surface area contributed by atoms with E-state index in [-0.39, 0.29) is 5.91 Å². The fourth-order valence-corrected chi connectivity index (χ4v) is 3.29. The Kier molecular flexibility index (Phi) is 5.34. The quantitative estimate of drug-likeness (QED) is 0.818. The van der Waals surface area contributed by atoms with Crippen LogP contribution in [0.2, 0.25) is 0 Å². The molecule has 1 fully saturated rings. The number of nitrogens with zero attached hydrogens (tertiary/aromatic N) is 1. The maximum Gasteiger partial charge on any atom is 0.227 e.